The lowest BCUT2D eigenvalue weighted by Gasteiger charge is -2.58. The minimum atomic E-state index is 0.0291. The van der Waals surface area contributed by atoms with Crippen LogP contribution in [0.15, 0.2) is 12.1 Å². The number of aryl methyl sites for hydroxylation is 1. The normalized spacial score (nSPS) is 48.4. The second-order valence-corrected chi connectivity index (χ2v) is 7.79. The highest BCUT2D eigenvalue weighted by Crippen LogP contribution is 2.70. The molecule has 3 fully saturated rings. The SMILES string of the molecule is Cc1ccc2c3c1O[C@@H]1[C@H]4CC[C@]5(O4)[C@H](C2)N(C)CC[C@@]315. The van der Waals surface area contributed by atoms with E-state index in [2.05, 4.69) is 31.0 Å². The van der Waals surface area contributed by atoms with Crippen molar-refractivity contribution < 1.29 is 9.47 Å². The van der Waals surface area contributed by atoms with E-state index in [1.54, 1.807) is 5.56 Å². The molecule has 0 aromatic heterocycles. The quantitative estimate of drug-likeness (QED) is 0.728. The largest absolute Gasteiger partial charge is 0.486 e. The molecule has 3 nitrogen and oxygen atoms in total. The molecule has 0 amide bonds. The molecule has 5 atom stereocenters. The number of rotatable bonds is 0. The summed E-state index contributed by atoms with van der Waals surface area (Å²) in [7, 11) is 2.28. The number of piperidine rings is 1. The van der Waals surface area contributed by atoms with Crippen molar-refractivity contribution in [3.05, 3.63) is 28.8 Å². The van der Waals surface area contributed by atoms with Crippen molar-refractivity contribution >= 4 is 0 Å². The third-order valence-electron chi connectivity index (χ3n) is 7.21. The highest BCUT2D eigenvalue weighted by Gasteiger charge is 2.78. The van der Waals surface area contributed by atoms with E-state index in [-0.39, 0.29) is 17.1 Å². The zero-order valence-corrected chi connectivity index (χ0v) is 12.7. The van der Waals surface area contributed by atoms with Gasteiger partial charge in [-0.25, -0.2) is 0 Å². The van der Waals surface area contributed by atoms with E-state index in [4.69, 9.17) is 9.47 Å². The van der Waals surface area contributed by atoms with Crippen LogP contribution in [-0.2, 0) is 16.6 Å². The topological polar surface area (TPSA) is 21.7 Å². The predicted molar refractivity (Wildman–Crippen MR) is 78.9 cm³/mol. The lowest BCUT2D eigenvalue weighted by molar-refractivity contribution is -0.115. The lowest BCUT2D eigenvalue weighted by Crippen LogP contribution is -2.70. The minimum absolute atomic E-state index is 0.0291. The number of hydrogen-bond acceptors (Lipinski definition) is 3. The first kappa shape index (κ1) is 11.5. The Kier molecular flexibility index (Phi) is 1.73. The molecule has 1 aromatic carbocycles. The van der Waals surface area contributed by atoms with Crippen molar-refractivity contribution in [2.24, 2.45) is 0 Å². The monoisotopic (exact) mass is 283 g/mol. The highest BCUT2D eigenvalue weighted by atomic mass is 16.6. The molecule has 4 aliphatic heterocycles. The molecule has 1 aliphatic carbocycles. The number of fused-ring (bicyclic) bond motifs is 2. The van der Waals surface area contributed by atoms with E-state index in [9.17, 15) is 0 Å². The summed E-state index contributed by atoms with van der Waals surface area (Å²) in [5.74, 6) is 1.21. The molecular formula is C18H21NO2. The van der Waals surface area contributed by atoms with Gasteiger partial charge in [0, 0.05) is 11.6 Å². The number of hydrogen-bond donors (Lipinski definition) is 0. The molecule has 0 unspecified atom stereocenters. The van der Waals surface area contributed by atoms with Gasteiger partial charge in [0.25, 0.3) is 0 Å². The zero-order chi connectivity index (χ0) is 14.0. The molecule has 3 saturated heterocycles. The van der Waals surface area contributed by atoms with Gasteiger partial charge in [0.15, 0.2) is 0 Å². The number of ether oxygens (including phenoxy) is 2. The Hall–Kier alpha value is -1.06. The number of nitrogens with zero attached hydrogens (tertiary/aromatic N) is 1. The van der Waals surface area contributed by atoms with E-state index in [1.165, 1.54) is 42.7 Å². The number of likely N-dealkylation sites (N-methyl/N-ethyl adjacent to an activating group) is 1. The Labute approximate surface area is 125 Å². The molecule has 110 valence electrons. The first-order valence-corrected chi connectivity index (χ1v) is 8.35. The van der Waals surface area contributed by atoms with E-state index in [0.717, 1.165) is 6.42 Å². The summed E-state index contributed by atoms with van der Waals surface area (Å²) in [6.45, 7) is 3.37. The van der Waals surface area contributed by atoms with Crippen molar-refractivity contribution in [2.45, 2.75) is 61.9 Å². The van der Waals surface area contributed by atoms with Gasteiger partial charge in [-0.05, 0) is 57.3 Å². The summed E-state index contributed by atoms with van der Waals surface area (Å²) in [6, 6.07) is 5.14. The van der Waals surface area contributed by atoms with Gasteiger partial charge in [-0.2, -0.15) is 0 Å². The molecule has 2 spiro atoms. The standard InChI is InChI=1S/C18H21NO2/c1-10-3-4-11-9-13-18-6-5-12(21-18)16-17(18,7-8-19(13)2)14(11)15(10)20-16/h3-4,12-13,16H,5-9H2,1-2H3/t12-,13+,16-,17-,18+/m1/s1. The van der Waals surface area contributed by atoms with E-state index in [0.29, 0.717) is 12.1 Å². The van der Waals surface area contributed by atoms with E-state index >= 15 is 0 Å². The molecule has 4 bridgehead atoms. The second-order valence-electron chi connectivity index (χ2n) is 7.79. The fourth-order valence-electron chi connectivity index (χ4n) is 6.46. The Morgan fingerprint density at radius 1 is 1.29 bits per heavy atom. The molecule has 4 heterocycles. The smallest absolute Gasteiger partial charge is 0.137 e. The molecular weight excluding hydrogens is 262 g/mol. The Bertz CT molecular complexity index is 686. The number of likely N-dealkylation sites (tertiary alicyclic amines) is 1. The average molecular weight is 283 g/mol. The van der Waals surface area contributed by atoms with Crippen LogP contribution in [0.4, 0.5) is 0 Å². The molecule has 0 N–H and O–H groups in total. The third-order valence-corrected chi connectivity index (χ3v) is 7.21. The third kappa shape index (κ3) is 0.942. The maximum absolute atomic E-state index is 6.68. The van der Waals surface area contributed by atoms with Gasteiger partial charge < -0.3 is 14.4 Å². The van der Waals surface area contributed by atoms with Crippen molar-refractivity contribution in [3.63, 3.8) is 0 Å². The maximum atomic E-state index is 6.68. The van der Waals surface area contributed by atoms with Crippen LogP contribution in [0.25, 0.3) is 0 Å². The van der Waals surface area contributed by atoms with Crippen molar-refractivity contribution in [3.8, 4) is 5.75 Å². The van der Waals surface area contributed by atoms with E-state index in [1.807, 2.05) is 0 Å². The Morgan fingerprint density at radius 3 is 3.10 bits per heavy atom. The van der Waals surface area contributed by atoms with Crippen LogP contribution in [0, 0.1) is 6.92 Å². The zero-order valence-electron chi connectivity index (χ0n) is 12.7. The summed E-state index contributed by atoms with van der Waals surface area (Å²) < 4.78 is 13.2. The van der Waals surface area contributed by atoms with Crippen molar-refractivity contribution in [1.82, 2.24) is 4.90 Å². The molecule has 5 aliphatic rings. The van der Waals surface area contributed by atoms with Gasteiger partial charge >= 0.3 is 0 Å². The van der Waals surface area contributed by atoms with Crippen LogP contribution < -0.4 is 4.74 Å². The van der Waals surface area contributed by atoms with Crippen LogP contribution in [0.2, 0.25) is 0 Å². The average Bonchev–Trinajstić information content (AvgIpc) is 3.11. The Morgan fingerprint density at radius 2 is 2.19 bits per heavy atom. The minimum Gasteiger partial charge on any atom is -0.486 e. The summed E-state index contributed by atoms with van der Waals surface area (Å²) in [6.07, 6.45) is 5.32. The maximum Gasteiger partial charge on any atom is 0.137 e. The summed E-state index contributed by atoms with van der Waals surface area (Å²) in [5.41, 5.74) is 4.56. The van der Waals surface area contributed by atoms with Gasteiger partial charge in [0.05, 0.1) is 17.1 Å². The molecule has 3 heteroatoms. The van der Waals surface area contributed by atoms with Crippen LogP contribution >= 0.6 is 0 Å². The van der Waals surface area contributed by atoms with E-state index < -0.39 is 0 Å². The van der Waals surface area contributed by atoms with Crippen LogP contribution in [0.5, 0.6) is 5.75 Å². The van der Waals surface area contributed by atoms with Gasteiger partial charge in [-0.3, -0.25) is 0 Å². The molecule has 21 heavy (non-hydrogen) atoms. The highest BCUT2D eigenvalue weighted by molar-refractivity contribution is 5.61. The summed E-state index contributed by atoms with van der Waals surface area (Å²) >= 11 is 0. The first-order chi connectivity index (χ1) is 10.2. The fraction of sp³-hybridized carbons (Fsp3) is 0.667. The lowest BCUT2D eigenvalue weighted by atomic mass is 9.51. The second kappa shape index (κ2) is 3.16. The van der Waals surface area contributed by atoms with Crippen molar-refractivity contribution in [1.29, 1.82) is 0 Å². The van der Waals surface area contributed by atoms with Gasteiger partial charge in [-0.15, -0.1) is 0 Å². The molecule has 1 aromatic rings. The molecule has 0 saturated carbocycles. The van der Waals surface area contributed by atoms with Crippen LogP contribution in [-0.4, -0.2) is 42.3 Å². The summed E-state index contributed by atoms with van der Waals surface area (Å²) in [4.78, 5) is 2.55. The fourth-order valence-corrected chi connectivity index (χ4v) is 6.46. The van der Waals surface area contributed by atoms with Gasteiger partial charge in [-0.1, -0.05) is 12.1 Å². The summed E-state index contributed by atoms with van der Waals surface area (Å²) in [5, 5.41) is 0. The van der Waals surface area contributed by atoms with Gasteiger partial charge in [0.2, 0.25) is 0 Å². The Balaban J connectivity index is 1.74. The number of benzene rings is 1. The van der Waals surface area contributed by atoms with Crippen LogP contribution in [0.3, 0.4) is 0 Å². The first-order valence-electron chi connectivity index (χ1n) is 8.35. The van der Waals surface area contributed by atoms with Crippen LogP contribution in [0.1, 0.15) is 36.0 Å². The van der Waals surface area contributed by atoms with Crippen molar-refractivity contribution in [2.75, 3.05) is 13.6 Å². The predicted octanol–water partition coefficient (Wildman–Crippen LogP) is 2.19. The molecule has 0 radical (unpaired) electrons. The molecule has 6 rings (SSSR count). The van der Waals surface area contributed by atoms with Gasteiger partial charge in [0.1, 0.15) is 11.9 Å².